The first-order valence-electron chi connectivity index (χ1n) is 11.8. The van der Waals surface area contributed by atoms with Gasteiger partial charge < -0.3 is 11.5 Å². The van der Waals surface area contributed by atoms with Gasteiger partial charge in [0.2, 0.25) is 5.91 Å². The summed E-state index contributed by atoms with van der Waals surface area (Å²) in [5, 5.41) is 0. The molecule has 1 amide bonds. The molecule has 4 N–H and O–H groups in total. The first-order valence-corrected chi connectivity index (χ1v) is 11.8. The quantitative estimate of drug-likeness (QED) is 0.331. The van der Waals surface area contributed by atoms with Gasteiger partial charge in [-0.2, -0.15) is 0 Å². The van der Waals surface area contributed by atoms with Gasteiger partial charge in [-0.05, 0) is 61.2 Å². The van der Waals surface area contributed by atoms with Gasteiger partial charge in [-0.1, -0.05) is 54.6 Å². The molecule has 0 unspecified atom stereocenters. The van der Waals surface area contributed by atoms with E-state index in [1.54, 1.807) is 12.1 Å². The van der Waals surface area contributed by atoms with Crippen molar-refractivity contribution in [3.63, 3.8) is 0 Å². The van der Waals surface area contributed by atoms with Crippen molar-refractivity contribution in [2.45, 2.75) is 24.8 Å². The molecule has 0 bridgehead atoms. The number of carbonyl (C=O) groups excluding carboxylic acids is 1. The third-order valence-electron chi connectivity index (χ3n) is 6.93. The van der Waals surface area contributed by atoms with Gasteiger partial charge in [-0.25, -0.2) is 9.97 Å². The Labute approximate surface area is 215 Å². The minimum Gasteiger partial charge on any atom is -0.366 e. The van der Waals surface area contributed by atoms with Gasteiger partial charge in [0, 0.05) is 27.9 Å². The summed E-state index contributed by atoms with van der Waals surface area (Å²) in [5.74, 6) is 0.351. The molecule has 6 rings (SSSR count). The van der Waals surface area contributed by atoms with Crippen molar-refractivity contribution in [2.75, 3.05) is 0 Å². The predicted octanol–water partition coefficient (Wildman–Crippen LogP) is 5.61. The lowest BCUT2D eigenvalue weighted by Gasteiger charge is -2.38. The number of hydrogen-bond acceptors (Lipinski definition) is 4. The highest BCUT2D eigenvalue weighted by atomic mass is 35.5. The second kappa shape index (κ2) is 9.22. The van der Waals surface area contributed by atoms with E-state index in [1.165, 1.54) is 6.42 Å². The Bertz CT molecular complexity index is 1560. The Morgan fingerprint density at radius 1 is 0.833 bits per heavy atom. The van der Waals surface area contributed by atoms with E-state index in [0.29, 0.717) is 5.56 Å². The Morgan fingerprint density at radius 2 is 1.56 bits per heavy atom. The fraction of sp³-hybridized carbons (Fsp3) is 0.138. The van der Waals surface area contributed by atoms with E-state index in [0.717, 1.165) is 57.9 Å². The first-order chi connectivity index (χ1) is 17.0. The van der Waals surface area contributed by atoms with Crippen molar-refractivity contribution in [2.24, 2.45) is 11.5 Å². The molecule has 0 aliphatic heterocycles. The maximum atomic E-state index is 11.7. The maximum Gasteiger partial charge on any atom is 0.248 e. The van der Waals surface area contributed by atoms with Crippen molar-refractivity contribution in [1.82, 2.24) is 14.5 Å². The second-order valence-electron chi connectivity index (χ2n) is 9.18. The molecule has 2 aromatic heterocycles. The Kier molecular flexibility index (Phi) is 6.08. The largest absolute Gasteiger partial charge is 0.366 e. The van der Waals surface area contributed by atoms with Gasteiger partial charge >= 0.3 is 0 Å². The molecule has 0 saturated heterocycles. The molecule has 3 aromatic carbocycles. The number of nitrogens with zero attached hydrogens (tertiary/aromatic N) is 3. The number of primary amides is 1. The zero-order valence-electron chi connectivity index (χ0n) is 19.6. The average Bonchev–Trinajstić information content (AvgIpc) is 3.27. The van der Waals surface area contributed by atoms with E-state index >= 15 is 0 Å². The summed E-state index contributed by atoms with van der Waals surface area (Å²) in [7, 11) is 0. The normalized spacial score (nSPS) is 14.1. The minimum atomic E-state index is -0.464. The molecule has 6 nitrogen and oxygen atoms in total. The summed E-state index contributed by atoms with van der Waals surface area (Å²) in [6.07, 6.45) is 3.21. The molecule has 2 heterocycles. The fourth-order valence-electron chi connectivity index (χ4n) is 4.76. The number of aromatic nitrogens is 3. The van der Waals surface area contributed by atoms with Crippen LogP contribution in [-0.2, 0) is 5.54 Å². The lowest BCUT2D eigenvalue weighted by molar-refractivity contribution is 0.100. The zero-order chi connectivity index (χ0) is 24.0. The first kappa shape index (κ1) is 23.7. The Balaban J connectivity index is 0.00000267. The molecule has 0 spiro atoms. The number of hydrogen-bond donors (Lipinski definition) is 2. The van der Waals surface area contributed by atoms with Crippen molar-refractivity contribution in [3.8, 4) is 28.3 Å². The van der Waals surface area contributed by atoms with Crippen molar-refractivity contribution in [3.05, 3.63) is 102 Å². The van der Waals surface area contributed by atoms with Gasteiger partial charge in [0.1, 0.15) is 11.3 Å². The van der Waals surface area contributed by atoms with Crippen LogP contribution in [-0.4, -0.2) is 20.4 Å². The van der Waals surface area contributed by atoms with E-state index < -0.39 is 5.91 Å². The molecule has 0 atom stereocenters. The molecule has 1 fully saturated rings. The Morgan fingerprint density at radius 3 is 2.22 bits per heavy atom. The van der Waals surface area contributed by atoms with Crippen LogP contribution in [0.25, 0.3) is 39.5 Å². The lowest BCUT2D eigenvalue weighted by atomic mass is 9.73. The van der Waals surface area contributed by atoms with Crippen LogP contribution in [0, 0.1) is 0 Å². The van der Waals surface area contributed by atoms with Crippen LogP contribution in [0.3, 0.4) is 0 Å². The van der Waals surface area contributed by atoms with Crippen molar-refractivity contribution < 1.29 is 4.79 Å². The average molecular weight is 496 g/mol. The number of benzene rings is 3. The maximum absolute atomic E-state index is 11.7. The van der Waals surface area contributed by atoms with E-state index in [1.807, 2.05) is 54.6 Å². The van der Waals surface area contributed by atoms with Crippen molar-refractivity contribution in [1.29, 1.82) is 0 Å². The summed E-state index contributed by atoms with van der Waals surface area (Å²) >= 11 is 0. The number of amides is 1. The molecule has 1 saturated carbocycles. The van der Waals surface area contributed by atoms with Crippen LogP contribution in [0.4, 0.5) is 0 Å². The smallest absolute Gasteiger partial charge is 0.248 e. The molecular weight excluding hydrogens is 470 g/mol. The third kappa shape index (κ3) is 4.04. The summed E-state index contributed by atoms with van der Waals surface area (Å²) in [4.78, 5) is 21.6. The van der Waals surface area contributed by atoms with Gasteiger partial charge in [0.15, 0.2) is 5.65 Å². The molecule has 180 valence electrons. The van der Waals surface area contributed by atoms with Crippen LogP contribution in [0.2, 0.25) is 0 Å². The molecule has 7 heteroatoms. The van der Waals surface area contributed by atoms with Gasteiger partial charge in [0.25, 0.3) is 0 Å². The molecule has 1 aliphatic rings. The fourth-order valence-corrected chi connectivity index (χ4v) is 4.76. The number of rotatable bonds is 5. The highest BCUT2D eigenvalue weighted by molar-refractivity contribution is 5.94. The van der Waals surface area contributed by atoms with Crippen LogP contribution >= 0.6 is 12.4 Å². The predicted molar refractivity (Wildman–Crippen MR) is 145 cm³/mol. The molecule has 0 radical (unpaired) electrons. The number of pyridine rings is 1. The van der Waals surface area contributed by atoms with Gasteiger partial charge in [-0.15, -0.1) is 12.4 Å². The second-order valence-corrected chi connectivity index (χ2v) is 9.18. The molecule has 1 aliphatic carbocycles. The number of nitrogens with two attached hydrogens (primary N) is 2. The van der Waals surface area contributed by atoms with Crippen LogP contribution in [0.15, 0.2) is 91.0 Å². The monoisotopic (exact) mass is 495 g/mol. The third-order valence-corrected chi connectivity index (χ3v) is 6.93. The Hall–Kier alpha value is -4.00. The van der Waals surface area contributed by atoms with E-state index in [9.17, 15) is 4.79 Å². The van der Waals surface area contributed by atoms with Crippen LogP contribution in [0.1, 0.15) is 35.2 Å². The van der Waals surface area contributed by atoms with Crippen LogP contribution < -0.4 is 11.5 Å². The van der Waals surface area contributed by atoms with E-state index in [2.05, 4.69) is 28.8 Å². The highest BCUT2D eigenvalue weighted by Crippen LogP contribution is 2.39. The van der Waals surface area contributed by atoms with E-state index in [-0.39, 0.29) is 17.9 Å². The molecule has 36 heavy (non-hydrogen) atoms. The van der Waals surface area contributed by atoms with Gasteiger partial charge in [0.05, 0.1) is 5.69 Å². The number of halogens is 1. The highest BCUT2D eigenvalue weighted by Gasteiger charge is 2.34. The zero-order valence-corrected chi connectivity index (χ0v) is 20.4. The molecular formula is C29H26ClN5O. The SMILES string of the molecule is Cl.NC(=O)c1cccc(-c2ccc3nc(-c4ccccc4)n(-c4ccc(C5(N)CCC5)cc4)c3n2)c1. The molecule has 5 aromatic rings. The summed E-state index contributed by atoms with van der Waals surface area (Å²) in [5.41, 5.74) is 18.5. The van der Waals surface area contributed by atoms with Gasteiger partial charge in [-0.3, -0.25) is 9.36 Å². The standard InChI is InChI=1S/C29H25N5O.ClH/c30-26(35)21-9-4-8-20(18-21)24-14-15-25-28(32-24)34(27(33-25)19-6-2-1-3-7-19)23-12-10-22(11-13-23)29(31)16-5-17-29;/h1-4,6-15,18H,5,16-17,31H2,(H2,30,35);1H. The summed E-state index contributed by atoms with van der Waals surface area (Å²) < 4.78 is 2.08. The lowest BCUT2D eigenvalue weighted by Crippen LogP contribution is -2.43. The summed E-state index contributed by atoms with van der Waals surface area (Å²) in [6, 6.07) is 29.6. The van der Waals surface area contributed by atoms with Crippen LogP contribution in [0.5, 0.6) is 0 Å². The van der Waals surface area contributed by atoms with E-state index in [4.69, 9.17) is 21.4 Å². The van der Waals surface area contributed by atoms with Crippen molar-refractivity contribution >= 4 is 29.5 Å². The number of carbonyl (C=O) groups is 1. The number of fused-ring (bicyclic) bond motifs is 1. The topological polar surface area (TPSA) is 99.8 Å². The minimum absolute atomic E-state index is 0. The number of imidazole rings is 1. The summed E-state index contributed by atoms with van der Waals surface area (Å²) in [6.45, 7) is 0.